The highest BCUT2D eigenvalue weighted by atomic mass is 35.5. The minimum atomic E-state index is 0.112. The quantitative estimate of drug-likeness (QED) is 0.938. The second-order valence-corrected chi connectivity index (χ2v) is 6.45. The molecule has 2 aromatic rings. The molecule has 2 N–H and O–H groups in total. The van der Waals surface area contributed by atoms with Gasteiger partial charge in [-0.25, -0.2) is 0 Å². The van der Waals surface area contributed by atoms with E-state index in [-0.39, 0.29) is 6.04 Å². The van der Waals surface area contributed by atoms with Gasteiger partial charge in [-0.05, 0) is 44.4 Å². The molecule has 98 valence electrons. The van der Waals surface area contributed by atoms with Gasteiger partial charge in [0.25, 0.3) is 0 Å². The highest BCUT2D eigenvalue weighted by Crippen LogP contribution is 2.23. The Hall–Kier alpha value is -0.840. The van der Waals surface area contributed by atoms with Crippen LogP contribution in [0.15, 0.2) is 12.1 Å². The lowest BCUT2D eigenvalue weighted by Crippen LogP contribution is -2.25. The van der Waals surface area contributed by atoms with Gasteiger partial charge in [-0.2, -0.15) is 5.10 Å². The number of nitrogens with two attached hydrogens (primary N) is 1. The summed E-state index contributed by atoms with van der Waals surface area (Å²) < 4.78 is 2.74. The maximum atomic E-state index is 6.22. The summed E-state index contributed by atoms with van der Waals surface area (Å²) in [5, 5.41) is 4.42. The minimum Gasteiger partial charge on any atom is -0.327 e. The van der Waals surface area contributed by atoms with Gasteiger partial charge in [-0.3, -0.25) is 4.68 Å². The Kier molecular flexibility index (Phi) is 4.10. The molecule has 0 bridgehead atoms. The molecule has 2 rings (SSSR count). The van der Waals surface area contributed by atoms with Gasteiger partial charge in [0.2, 0.25) is 0 Å². The number of halogens is 1. The first-order chi connectivity index (χ1) is 8.47. The number of aryl methyl sites for hydroxylation is 2. The Morgan fingerprint density at radius 1 is 1.39 bits per heavy atom. The Labute approximate surface area is 117 Å². The van der Waals surface area contributed by atoms with Crippen LogP contribution >= 0.6 is 22.9 Å². The van der Waals surface area contributed by atoms with Crippen LogP contribution in [0.5, 0.6) is 0 Å². The molecule has 0 spiro atoms. The minimum absolute atomic E-state index is 0.112. The molecule has 0 aliphatic carbocycles. The summed E-state index contributed by atoms with van der Waals surface area (Å²) in [4.78, 5) is 1.24. The Morgan fingerprint density at radius 3 is 2.61 bits per heavy atom. The van der Waals surface area contributed by atoms with Crippen LogP contribution in [0.1, 0.15) is 21.8 Å². The number of hydrogen-bond donors (Lipinski definition) is 1. The first-order valence-corrected chi connectivity index (χ1v) is 7.15. The van der Waals surface area contributed by atoms with Crippen molar-refractivity contribution in [3.63, 3.8) is 0 Å². The molecule has 0 fully saturated rings. The van der Waals surface area contributed by atoms with Crippen LogP contribution in [-0.4, -0.2) is 15.8 Å². The van der Waals surface area contributed by atoms with Crippen LogP contribution < -0.4 is 5.73 Å². The van der Waals surface area contributed by atoms with Crippen LogP contribution in [0.3, 0.4) is 0 Å². The van der Waals surface area contributed by atoms with Crippen molar-refractivity contribution in [2.75, 3.05) is 0 Å². The number of hydrogen-bond acceptors (Lipinski definition) is 3. The zero-order valence-electron chi connectivity index (χ0n) is 10.9. The molecule has 0 saturated heterocycles. The second kappa shape index (κ2) is 5.43. The van der Waals surface area contributed by atoms with Crippen molar-refractivity contribution in [3.8, 4) is 0 Å². The van der Waals surface area contributed by atoms with E-state index in [2.05, 4.69) is 18.1 Å². The third kappa shape index (κ3) is 2.94. The molecule has 0 aromatic carbocycles. The molecule has 1 unspecified atom stereocenters. The van der Waals surface area contributed by atoms with Crippen LogP contribution in [0.25, 0.3) is 0 Å². The van der Waals surface area contributed by atoms with Crippen molar-refractivity contribution >= 4 is 22.9 Å². The lowest BCUT2D eigenvalue weighted by molar-refractivity contribution is 0.664. The molecule has 0 aliphatic heterocycles. The van der Waals surface area contributed by atoms with Crippen molar-refractivity contribution in [2.24, 2.45) is 12.8 Å². The maximum Gasteiger partial charge on any atom is 0.0931 e. The fraction of sp³-hybridized carbons (Fsp3) is 0.462. The van der Waals surface area contributed by atoms with Gasteiger partial charge in [0.15, 0.2) is 0 Å². The first kappa shape index (κ1) is 13.6. The van der Waals surface area contributed by atoms with E-state index in [1.54, 1.807) is 11.3 Å². The highest BCUT2D eigenvalue weighted by molar-refractivity contribution is 7.16. The van der Waals surface area contributed by atoms with Crippen LogP contribution in [-0.2, 0) is 19.9 Å². The normalized spacial score (nSPS) is 12.9. The molecule has 2 aromatic heterocycles. The second-order valence-electron chi connectivity index (χ2n) is 4.65. The van der Waals surface area contributed by atoms with E-state index < -0.39 is 0 Å². The van der Waals surface area contributed by atoms with Gasteiger partial charge in [0.1, 0.15) is 0 Å². The summed E-state index contributed by atoms with van der Waals surface area (Å²) in [7, 11) is 1.97. The Bertz CT molecular complexity index is 544. The van der Waals surface area contributed by atoms with E-state index in [1.807, 2.05) is 24.7 Å². The molecule has 18 heavy (non-hydrogen) atoms. The van der Waals surface area contributed by atoms with Crippen molar-refractivity contribution in [1.29, 1.82) is 0 Å². The van der Waals surface area contributed by atoms with Crippen molar-refractivity contribution in [2.45, 2.75) is 32.7 Å². The fourth-order valence-electron chi connectivity index (χ4n) is 2.17. The molecule has 5 heteroatoms. The summed E-state index contributed by atoms with van der Waals surface area (Å²) in [6.07, 6.45) is 1.73. The Morgan fingerprint density at radius 2 is 2.11 bits per heavy atom. The molecule has 0 aliphatic rings. The summed E-state index contributed by atoms with van der Waals surface area (Å²) >= 11 is 7.53. The van der Waals surface area contributed by atoms with Crippen molar-refractivity contribution < 1.29 is 0 Å². The maximum absolute atomic E-state index is 6.22. The SMILES string of the molecule is Cc1nn(C)c(C)c1CC(N)Cc1ccc(Cl)s1. The largest absolute Gasteiger partial charge is 0.327 e. The van der Waals surface area contributed by atoms with Gasteiger partial charge < -0.3 is 5.73 Å². The Balaban J connectivity index is 2.05. The highest BCUT2D eigenvalue weighted by Gasteiger charge is 2.14. The van der Waals surface area contributed by atoms with E-state index >= 15 is 0 Å². The zero-order chi connectivity index (χ0) is 13.3. The van der Waals surface area contributed by atoms with Gasteiger partial charge in [-0.15, -0.1) is 11.3 Å². The first-order valence-electron chi connectivity index (χ1n) is 5.96. The summed E-state index contributed by atoms with van der Waals surface area (Å²) in [6, 6.07) is 4.09. The van der Waals surface area contributed by atoms with Gasteiger partial charge in [-0.1, -0.05) is 11.6 Å². The lowest BCUT2D eigenvalue weighted by Gasteiger charge is -2.10. The molecule has 3 nitrogen and oxygen atoms in total. The van der Waals surface area contributed by atoms with Crippen LogP contribution in [0, 0.1) is 13.8 Å². The van der Waals surface area contributed by atoms with Gasteiger partial charge >= 0.3 is 0 Å². The zero-order valence-corrected chi connectivity index (χ0v) is 12.5. The van der Waals surface area contributed by atoms with Crippen molar-refractivity contribution in [1.82, 2.24) is 9.78 Å². The molecule has 0 amide bonds. The van der Waals surface area contributed by atoms with Crippen LogP contribution in [0.2, 0.25) is 4.34 Å². The fourth-order valence-corrected chi connectivity index (χ4v) is 3.35. The number of nitrogens with zero attached hydrogens (tertiary/aromatic N) is 2. The average Bonchev–Trinajstić information content (AvgIpc) is 2.78. The van der Waals surface area contributed by atoms with E-state index in [1.165, 1.54) is 16.1 Å². The molecular weight excluding hydrogens is 266 g/mol. The molecule has 2 heterocycles. The third-order valence-corrected chi connectivity index (χ3v) is 4.47. The van der Waals surface area contributed by atoms with Crippen molar-refractivity contribution in [3.05, 3.63) is 38.3 Å². The summed E-state index contributed by atoms with van der Waals surface area (Å²) in [5.74, 6) is 0. The van der Waals surface area contributed by atoms with Crippen LogP contribution in [0.4, 0.5) is 0 Å². The topological polar surface area (TPSA) is 43.8 Å². The monoisotopic (exact) mass is 283 g/mol. The molecule has 0 radical (unpaired) electrons. The molecule has 1 atom stereocenters. The van der Waals surface area contributed by atoms with E-state index in [0.29, 0.717) is 0 Å². The number of rotatable bonds is 4. The number of aromatic nitrogens is 2. The average molecular weight is 284 g/mol. The third-order valence-electron chi connectivity index (χ3n) is 3.22. The smallest absolute Gasteiger partial charge is 0.0931 e. The van der Waals surface area contributed by atoms with E-state index in [4.69, 9.17) is 17.3 Å². The predicted octanol–water partition coefficient (Wildman–Crippen LogP) is 2.86. The summed E-state index contributed by atoms with van der Waals surface area (Å²) in [5.41, 5.74) is 9.77. The molecular formula is C13H18ClN3S. The van der Waals surface area contributed by atoms with Gasteiger partial charge in [0, 0.05) is 23.7 Å². The van der Waals surface area contributed by atoms with E-state index in [9.17, 15) is 0 Å². The standard InChI is InChI=1S/C13H18ClN3S/c1-8-12(9(2)17(3)16-8)7-10(15)6-11-4-5-13(14)18-11/h4-5,10H,6-7,15H2,1-3H3. The summed E-state index contributed by atoms with van der Waals surface area (Å²) in [6.45, 7) is 4.13. The van der Waals surface area contributed by atoms with E-state index in [0.717, 1.165) is 22.9 Å². The molecule has 0 saturated carbocycles. The number of thiophene rings is 1. The lowest BCUT2D eigenvalue weighted by atomic mass is 10.0. The van der Waals surface area contributed by atoms with Gasteiger partial charge in [0.05, 0.1) is 10.0 Å². The predicted molar refractivity (Wildman–Crippen MR) is 77.4 cm³/mol.